The number of hydrogen-bond donors (Lipinski definition) is 2. The molecule has 4 rings (SSSR count). The van der Waals surface area contributed by atoms with Crippen molar-refractivity contribution in [3.8, 4) is 0 Å². The molecule has 2 N–H and O–H groups in total. The molecule has 1 aromatic carbocycles. The van der Waals surface area contributed by atoms with Gasteiger partial charge in [0.05, 0.1) is 30.8 Å². The Kier molecular flexibility index (Phi) is 5.75. The highest BCUT2D eigenvalue weighted by Crippen LogP contribution is 2.32. The zero-order chi connectivity index (χ0) is 20.3. The number of anilines is 2. The maximum Gasteiger partial charge on any atom is 0.323 e. The highest BCUT2D eigenvalue weighted by Gasteiger charge is 2.39. The van der Waals surface area contributed by atoms with Crippen molar-refractivity contribution in [3.05, 3.63) is 53.6 Å². The first-order valence-corrected chi connectivity index (χ1v) is 9.81. The standard InChI is InChI=1S/C21H25FN4O3/c1-15-2-4-17(13-23-15)24-20(27)25-19-12-16(3-5-18(19)22)14-26-8-6-21(7-9-26)28-10-11-29-21/h2-5,12-13H,6-11,14H2,1H3,(H2,24,25,27). The van der Waals surface area contributed by atoms with Crippen LogP contribution in [0.4, 0.5) is 20.6 Å². The molecule has 8 heteroatoms. The van der Waals surface area contributed by atoms with E-state index >= 15 is 0 Å². The van der Waals surface area contributed by atoms with Crippen LogP contribution in [0.1, 0.15) is 24.1 Å². The highest BCUT2D eigenvalue weighted by molar-refractivity contribution is 5.99. The average molecular weight is 400 g/mol. The maximum absolute atomic E-state index is 14.2. The van der Waals surface area contributed by atoms with E-state index in [0.717, 1.165) is 37.2 Å². The number of aryl methyl sites for hydroxylation is 1. The molecule has 2 amide bonds. The van der Waals surface area contributed by atoms with Gasteiger partial charge in [0.2, 0.25) is 0 Å². The summed E-state index contributed by atoms with van der Waals surface area (Å²) in [5.41, 5.74) is 2.48. The molecule has 0 unspecified atom stereocenters. The van der Waals surface area contributed by atoms with E-state index in [0.29, 0.717) is 25.4 Å². The molecule has 0 atom stereocenters. The van der Waals surface area contributed by atoms with Crippen LogP contribution in [-0.2, 0) is 16.0 Å². The van der Waals surface area contributed by atoms with Gasteiger partial charge in [-0.05, 0) is 36.8 Å². The summed E-state index contributed by atoms with van der Waals surface area (Å²) in [7, 11) is 0. The average Bonchev–Trinajstić information content (AvgIpc) is 3.16. The van der Waals surface area contributed by atoms with Crippen LogP contribution in [0.3, 0.4) is 0 Å². The predicted molar refractivity (Wildman–Crippen MR) is 107 cm³/mol. The summed E-state index contributed by atoms with van der Waals surface area (Å²) in [5, 5.41) is 5.24. The summed E-state index contributed by atoms with van der Waals surface area (Å²) in [6, 6.07) is 7.83. The monoisotopic (exact) mass is 400 g/mol. The summed E-state index contributed by atoms with van der Waals surface area (Å²) >= 11 is 0. The second-order valence-electron chi connectivity index (χ2n) is 7.47. The van der Waals surface area contributed by atoms with Gasteiger partial charge in [-0.3, -0.25) is 9.88 Å². The van der Waals surface area contributed by atoms with Crippen LogP contribution in [0, 0.1) is 12.7 Å². The van der Waals surface area contributed by atoms with Crippen LogP contribution >= 0.6 is 0 Å². The number of ether oxygens (including phenoxy) is 2. The third-order valence-electron chi connectivity index (χ3n) is 5.29. The van der Waals surface area contributed by atoms with Crippen molar-refractivity contribution in [1.82, 2.24) is 9.88 Å². The number of carbonyl (C=O) groups is 1. The van der Waals surface area contributed by atoms with E-state index in [-0.39, 0.29) is 5.69 Å². The van der Waals surface area contributed by atoms with Crippen LogP contribution in [0.5, 0.6) is 0 Å². The van der Waals surface area contributed by atoms with Gasteiger partial charge in [0, 0.05) is 38.2 Å². The van der Waals surface area contributed by atoms with Crippen molar-refractivity contribution in [1.29, 1.82) is 0 Å². The molecule has 154 valence electrons. The number of carbonyl (C=O) groups excluding carboxylic acids is 1. The van der Waals surface area contributed by atoms with Crippen molar-refractivity contribution in [2.75, 3.05) is 36.9 Å². The van der Waals surface area contributed by atoms with Crippen molar-refractivity contribution in [3.63, 3.8) is 0 Å². The molecule has 1 aromatic heterocycles. The van der Waals surface area contributed by atoms with Gasteiger partial charge >= 0.3 is 6.03 Å². The molecule has 2 aliphatic rings. The quantitative estimate of drug-likeness (QED) is 0.822. The first kappa shape index (κ1) is 19.8. The predicted octanol–water partition coefficient (Wildman–Crippen LogP) is 3.51. The number of piperidine rings is 1. The molecule has 2 aromatic rings. The molecule has 0 radical (unpaired) electrons. The van der Waals surface area contributed by atoms with E-state index in [1.165, 1.54) is 6.07 Å². The molecular weight excluding hydrogens is 375 g/mol. The Labute approximate surface area is 169 Å². The third kappa shape index (κ3) is 4.90. The summed E-state index contributed by atoms with van der Waals surface area (Å²) in [5.74, 6) is -0.883. The topological polar surface area (TPSA) is 75.7 Å². The fourth-order valence-corrected chi connectivity index (χ4v) is 3.69. The molecular formula is C21H25FN4O3. The molecule has 0 aliphatic carbocycles. The molecule has 29 heavy (non-hydrogen) atoms. The van der Waals surface area contributed by atoms with E-state index in [1.807, 2.05) is 6.92 Å². The highest BCUT2D eigenvalue weighted by atomic mass is 19.1. The van der Waals surface area contributed by atoms with E-state index in [4.69, 9.17) is 9.47 Å². The number of nitrogens with one attached hydrogen (secondary N) is 2. The van der Waals surface area contributed by atoms with Crippen LogP contribution in [0.2, 0.25) is 0 Å². The van der Waals surface area contributed by atoms with E-state index in [2.05, 4.69) is 20.5 Å². The lowest BCUT2D eigenvalue weighted by Gasteiger charge is -2.37. The fraction of sp³-hybridized carbons (Fsp3) is 0.429. The smallest absolute Gasteiger partial charge is 0.323 e. The number of pyridine rings is 1. The van der Waals surface area contributed by atoms with Crippen molar-refractivity contribution in [2.24, 2.45) is 0 Å². The SMILES string of the molecule is Cc1ccc(NC(=O)Nc2cc(CN3CCC4(CC3)OCCO4)ccc2F)cn1. The van der Waals surface area contributed by atoms with Gasteiger partial charge < -0.3 is 20.1 Å². The Morgan fingerprint density at radius 1 is 1.17 bits per heavy atom. The number of urea groups is 1. The number of halogens is 1. The maximum atomic E-state index is 14.2. The molecule has 2 saturated heterocycles. The fourth-order valence-electron chi connectivity index (χ4n) is 3.69. The minimum absolute atomic E-state index is 0.149. The number of nitrogens with zero attached hydrogens (tertiary/aromatic N) is 2. The Balaban J connectivity index is 1.35. The third-order valence-corrected chi connectivity index (χ3v) is 5.29. The molecule has 0 saturated carbocycles. The number of benzene rings is 1. The first-order chi connectivity index (χ1) is 14.0. The Morgan fingerprint density at radius 2 is 1.93 bits per heavy atom. The lowest BCUT2D eigenvalue weighted by atomic mass is 10.0. The number of aromatic nitrogens is 1. The van der Waals surface area contributed by atoms with Gasteiger partial charge in [-0.2, -0.15) is 0 Å². The van der Waals surface area contributed by atoms with Gasteiger partial charge in [0.15, 0.2) is 5.79 Å². The summed E-state index contributed by atoms with van der Waals surface area (Å²) in [4.78, 5) is 18.6. The lowest BCUT2D eigenvalue weighted by molar-refractivity contribution is -0.185. The first-order valence-electron chi connectivity index (χ1n) is 9.81. The number of rotatable bonds is 4. The van der Waals surface area contributed by atoms with Gasteiger partial charge in [-0.1, -0.05) is 6.07 Å². The van der Waals surface area contributed by atoms with Crippen LogP contribution in [0.15, 0.2) is 36.5 Å². The summed E-state index contributed by atoms with van der Waals surface area (Å²) < 4.78 is 25.7. The second kappa shape index (κ2) is 8.44. The van der Waals surface area contributed by atoms with E-state index in [9.17, 15) is 9.18 Å². The summed E-state index contributed by atoms with van der Waals surface area (Å²) in [6.45, 7) is 5.55. The number of amides is 2. The van der Waals surface area contributed by atoms with Crippen LogP contribution < -0.4 is 10.6 Å². The minimum atomic E-state index is -0.512. The Bertz CT molecular complexity index is 859. The molecule has 7 nitrogen and oxygen atoms in total. The minimum Gasteiger partial charge on any atom is -0.347 e. The molecule has 2 aliphatic heterocycles. The normalized spacial score (nSPS) is 18.7. The second-order valence-corrected chi connectivity index (χ2v) is 7.47. The Hall–Kier alpha value is -2.55. The number of likely N-dealkylation sites (tertiary alicyclic amines) is 1. The number of hydrogen-bond acceptors (Lipinski definition) is 5. The zero-order valence-electron chi connectivity index (χ0n) is 16.4. The molecule has 3 heterocycles. The van der Waals surface area contributed by atoms with E-state index in [1.54, 1.807) is 30.5 Å². The van der Waals surface area contributed by atoms with Gasteiger partial charge in [0.1, 0.15) is 5.82 Å². The lowest BCUT2D eigenvalue weighted by Crippen LogP contribution is -2.44. The van der Waals surface area contributed by atoms with Crippen molar-refractivity contribution < 1.29 is 18.7 Å². The largest absolute Gasteiger partial charge is 0.347 e. The summed E-state index contributed by atoms with van der Waals surface area (Å²) in [6.07, 6.45) is 3.21. The van der Waals surface area contributed by atoms with Crippen molar-refractivity contribution >= 4 is 17.4 Å². The van der Waals surface area contributed by atoms with Crippen LogP contribution in [-0.4, -0.2) is 48.0 Å². The van der Waals surface area contributed by atoms with Gasteiger partial charge in [-0.25, -0.2) is 9.18 Å². The molecule has 0 bridgehead atoms. The van der Waals surface area contributed by atoms with Crippen LogP contribution in [0.25, 0.3) is 0 Å². The molecule has 1 spiro atoms. The van der Waals surface area contributed by atoms with Gasteiger partial charge in [-0.15, -0.1) is 0 Å². The Morgan fingerprint density at radius 3 is 2.62 bits per heavy atom. The van der Waals surface area contributed by atoms with E-state index < -0.39 is 17.6 Å². The zero-order valence-corrected chi connectivity index (χ0v) is 16.4. The molecule has 2 fully saturated rings. The van der Waals surface area contributed by atoms with Crippen molar-refractivity contribution in [2.45, 2.75) is 32.1 Å². The van der Waals surface area contributed by atoms with Gasteiger partial charge in [0.25, 0.3) is 0 Å².